The summed E-state index contributed by atoms with van der Waals surface area (Å²) in [5.41, 5.74) is 0.171. The molecule has 31 heavy (non-hydrogen) atoms. The highest BCUT2D eigenvalue weighted by molar-refractivity contribution is 6.32. The predicted octanol–water partition coefficient (Wildman–Crippen LogP) is 3.94. The molecular weight excluding hydrogens is 443 g/mol. The highest BCUT2D eigenvalue weighted by Crippen LogP contribution is 2.30. The van der Waals surface area contributed by atoms with Gasteiger partial charge in [0.2, 0.25) is 0 Å². The molecule has 0 aliphatic carbocycles. The standard InChI is InChI=1S/C18H24ClNO4.C2HF3O2/c19-15-11-13(18(21)22)5-6-17(15)24-10-8-20-7-1-4-16(20)14-3-2-9-23-12-14;3-2(4,5)1(6)7/h5-6,11,14,16H,1-4,7-10,12H2,(H,21,22);(H,6,7). The minimum absolute atomic E-state index is 0.171. The number of likely N-dealkylation sites (tertiary alicyclic amines) is 1. The number of alkyl halides is 3. The fraction of sp³-hybridized carbons (Fsp3) is 0.600. The van der Waals surface area contributed by atoms with Crippen molar-refractivity contribution in [2.24, 2.45) is 5.92 Å². The normalized spacial score (nSPS) is 21.8. The van der Waals surface area contributed by atoms with Gasteiger partial charge in [-0.3, -0.25) is 4.90 Å². The Labute approximate surface area is 182 Å². The van der Waals surface area contributed by atoms with Crippen molar-refractivity contribution in [1.29, 1.82) is 0 Å². The van der Waals surface area contributed by atoms with Gasteiger partial charge in [0.05, 0.1) is 17.2 Å². The Kier molecular flexibility index (Phi) is 9.39. The number of benzene rings is 1. The van der Waals surface area contributed by atoms with Crippen LogP contribution in [0.15, 0.2) is 18.2 Å². The lowest BCUT2D eigenvalue weighted by Crippen LogP contribution is -2.41. The van der Waals surface area contributed by atoms with E-state index in [1.54, 1.807) is 6.07 Å². The van der Waals surface area contributed by atoms with Gasteiger partial charge in [-0.2, -0.15) is 13.2 Å². The van der Waals surface area contributed by atoms with E-state index in [1.165, 1.54) is 31.4 Å². The number of hydrogen-bond donors (Lipinski definition) is 2. The van der Waals surface area contributed by atoms with Gasteiger partial charge in [0.15, 0.2) is 0 Å². The second-order valence-corrected chi connectivity index (χ2v) is 7.73. The second kappa shape index (κ2) is 11.5. The first-order valence-corrected chi connectivity index (χ1v) is 10.2. The van der Waals surface area contributed by atoms with E-state index in [1.807, 2.05) is 0 Å². The van der Waals surface area contributed by atoms with Crippen LogP contribution in [0.25, 0.3) is 0 Å². The van der Waals surface area contributed by atoms with Crippen LogP contribution in [0.3, 0.4) is 0 Å². The molecule has 1 aromatic carbocycles. The van der Waals surface area contributed by atoms with Crippen molar-refractivity contribution in [3.63, 3.8) is 0 Å². The van der Waals surface area contributed by atoms with E-state index >= 15 is 0 Å². The van der Waals surface area contributed by atoms with E-state index in [0.717, 1.165) is 32.7 Å². The molecule has 3 rings (SSSR count). The van der Waals surface area contributed by atoms with Crippen molar-refractivity contribution in [3.05, 3.63) is 28.8 Å². The fourth-order valence-electron chi connectivity index (χ4n) is 3.76. The zero-order valence-electron chi connectivity index (χ0n) is 16.7. The smallest absolute Gasteiger partial charge is 0.490 e. The summed E-state index contributed by atoms with van der Waals surface area (Å²) >= 11 is 6.10. The molecule has 0 saturated carbocycles. The third-order valence-electron chi connectivity index (χ3n) is 5.21. The van der Waals surface area contributed by atoms with Gasteiger partial charge in [0, 0.05) is 19.2 Å². The van der Waals surface area contributed by atoms with Gasteiger partial charge in [-0.05, 0) is 56.3 Å². The molecule has 2 unspecified atom stereocenters. The molecule has 2 saturated heterocycles. The third kappa shape index (κ3) is 7.86. The monoisotopic (exact) mass is 467 g/mol. The van der Waals surface area contributed by atoms with E-state index in [0.29, 0.717) is 29.3 Å². The molecular formula is C20H25ClF3NO6. The first-order chi connectivity index (χ1) is 14.6. The van der Waals surface area contributed by atoms with E-state index in [9.17, 15) is 18.0 Å². The van der Waals surface area contributed by atoms with Crippen LogP contribution in [0.2, 0.25) is 5.02 Å². The van der Waals surface area contributed by atoms with Crippen LogP contribution in [0.5, 0.6) is 5.75 Å². The Morgan fingerprint density at radius 3 is 2.48 bits per heavy atom. The Morgan fingerprint density at radius 1 is 1.23 bits per heavy atom. The molecule has 2 aliphatic rings. The van der Waals surface area contributed by atoms with Crippen LogP contribution >= 0.6 is 11.6 Å². The number of carbonyl (C=O) groups is 2. The molecule has 2 N–H and O–H groups in total. The fourth-order valence-corrected chi connectivity index (χ4v) is 3.99. The lowest BCUT2D eigenvalue weighted by atomic mass is 9.92. The van der Waals surface area contributed by atoms with E-state index in [2.05, 4.69) is 4.90 Å². The Morgan fingerprint density at radius 2 is 1.94 bits per heavy atom. The number of aromatic carboxylic acids is 1. The van der Waals surface area contributed by atoms with E-state index in [-0.39, 0.29) is 5.56 Å². The van der Waals surface area contributed by atoms with Crippen molar-refractivity contribution in [1.82, 2.24) is 4.90 Å². The molecule has 0 spiro atoms. The lowest BCUT2D eigenvalue weighted by molar-refractivity contribution is -0.192. The minimum atomic E-state index is -5.08. The number of rotatable bonds is 6. The molecule has 7 nitrogen and oxygen atoms in total. The summed E-state index contributed by atoms with van der Waals surface area (Å²) in [5.74, 6) is -2.57. The number of carboxylic acids is 2. The van der Waals surface area contributed by atoms with Crippen molar-refractivity contribution >= 4 is 23.5 Å². The average Bonchev–Trinajstić information content (AvgIpc) is 3.18. The Balaban J connectivity index is 0.000000423. The maximum atomic E-state index is 10.9. The molecule has 0 amide bonds. The van der Waals surface area contributed by atoms with Crippen LogP contribution in [-0.2, 0) is 9.53 Å². The molecule has 1 aromatic rings. The summed E-state index contributed by atoms with van der Waals surface area (Å²) in [4.78, 5) is 22.3. The van der Waals surface area contributed by atoms with Crippen LogP contribution in [0.1, 0.15) is 36.0 Å². The topological polar surface area (TPSA) is 96.3 Å². The number of aliphatic carboxylic acids is 1. The summed E-state index contributed by atoms with van der Waals surface area (Å²) in [5, 5.41) is 16.4. The molecule has 11 heteroatoms. The van der Waals surface area contributed by atoms with Crippen molar-refractivity contribution in [2.75, 3.05) is 32.9 Å². The van der Waals surface area contributed by atoms with E-state index in [4.69, 9.17) is 36.1 Å². The SMILES string of the molecule is O=C(O)C(F)(F)F.O=C(O)c1ccc(OCCN2CCCC2C2CCCOC2)c(Cl)c1. The number of ether oxygens (including phenoxy) is 2. The number of halogens is 4. The number of carboxylic acid groups (broad SMARTS) is 2. The summed E-state index contributed by atoms with van der Waals surface area (Å²) < 4.78 is 43.1. The van der Waals surface area contributed by atoms with Crippen LogP contribution in [0, 0.1) is 5.92 Å². The molecule has 0 aromatic heterocycles. The molecule has 2 atom stereocenters. The first-order valence-electron chi connectivity index (χ1n) is 9.87. The van der Waals surface area contributed by atoms with Gasteiger partial charge in [-0.25, -0.2) is 9.59 Å². The summed E-state index contributed by atoms with van der Waals surface area (Å²) in [6.07, 6.45) is -0.196. The van der Waals surface area contributed by atoms with Crippen LogP contribution in [-0.4, -0.2) is 72.2 Å². The van der Waals surface area contributed by atoms with Crippen molar-refractivity contribution < 1.29 is 42.4 Å². The Bertz CT molecular complexity index is 755. The molecule has 0 radical (unpaired) electrons. The van der Waals surface area contributed by atoms with Gasteiger partial charge in [-0.15, -0.1) is 0 Å². The average molecular weight is 468 g/mol. The molecule has 0 bridgehead atoms. The quantitative estimate of drug-likeness (QED) is 0.654. The lowest BCUT2D eigenvalue weighted by Gasteiger charge is -2.33. The summed E-state index contributed by atoms with van der Waals surface area (Å²) in [7, 11) is 0. The third-order valence-corrected chi connectivity index (χ3v) is 5.51. The highest BCUT2D eigenvalue weighted by atomic mass is 35.5. The number of nitrogens with zero attached hydrogens (tertiary/aromatic N) is 1. The minimum Gasteiger partial charge on any atom is -0.491 e. The first kappa shape index (κ1) is 25.2. The Hall–Kier alpha value is -2.04. The highest BCUT2D eigenvalue weighted by Gasteiger charge is 2.38. The van der Waals surface area contributed by atoms with Gasteiger partial charge in [0.1, 0.15) is 12.4 Å². The van der Waals surface area contributed by atoms with Gasteiger partial charge in [-0.1, -0.05) is 11.6 Å². The summed E-state index contributed by atoms with van der Waals surface area (Å²) in [6, 6.07) is 5.17. The molecule has 2 heterocycles. The van der Waals surface area contributed by atoms with Crippen molar-refractivity contribution in [2.45, 2.75) is 37.9 Å². The molecule has 174 valence electrons. The van der Waals surface area contributed by atoms with Gasteiger partial charge >= 0.3 is 18.1 Å². The van der Waals surface area contributed by atoms with Crippen molar-refractivity contribution in [3.8, 4) is 5.75 Å². The maximum Gasteiger partial charge on any atom is 0.490 e. The van der Waals surface area contributed by atoms with Gasteiger partial charge in [0.25, 0.3) is 0 Å². The van der Waals surface area contributed by atoms with Gasteiger partial charge < -0.3 is 19.7 Å². The zero-order chi connectivity index (χ0) is 23.0. The molecule has 2 fully saturated rings. The predicted molar refractivity (Wildman–Crippen MR) is 106 cm³/mol. The van der Waals surface area contributed by atoms with Crippen LogP contribution in [0.4, 0.5) is 13.2 Å². The second-order valence-electron chi connectivity index (χ2n) is 7.32. The van der Waals surface area contributed by atoms with Crippen LogP contribution < -0.4 is 4.74 Å². The summed E-state index contributed by atoms with van der Waals surface area (Å²) in [6.45, 7) is 4.30. The zero-order valence-corrected chi connectivity index (χ0v) is 17.5. The number of hydrogen-bond acceptors (Lipinski definition) is 5. The maximum absolute atomic E-state index is 10.9. The largest absolute Gasteiger partial charge is 0.491 e. The molecule has 2 aliphatic heterocycles. The van der Waals surface area contributed by atoms with E-state index < -0.39 is 18.1 Å².